The first-order valence-corrected chi connectivity index (χ1v) is 7.43. The summed E-state index contributed by atoms with van der Waals surface area (Å²) in [5.41, 5.74) is 9.90. The number of ether oxygens (including phenoxy) is 1. The third-order valence-corrected chi connectivity index (χ3v) is 4.05. The van der Waals surface area contributed by atoms with E-state index in [0.717, 1.165) is 16.0 Å². The minimum absolute atomic E-state index is 0.273. The van der Waals surface area contributed by atoms with Crippen molar-refractivity contribution in [2.75, 3.05) is 12.4 Å². The Hall–Kier alpha value is -3.09. The Labute approximate surface area is 135 Å². The van der Waals surface area contributed by atoms with E-state index in [2.05, 4.69) is 20.3 Å². The Morgan fingerprint density at radius 3 is 2.96 bits per heavy atom. The van der Waals surface area contributed by atoms with Crippen LogP contribution < -0.4 is 10.1 Å². The Morgan fingerprint density at radius 1 is 1.35 bits per heavy atom. The molecule has 8 heteroatoms. The number of hydrogen-bond donors (Lipinski definition) is 1. The van der Waals surface area contributed by atoms with Gasteiger partial charge < -0.3 is 4.74 Å². The molecule has 0 aliphatic carbocycles. The predicted molar refractivity (Wildman–Crippen MR) is 89.4 cm³/mol. The maximum Gasteiger partial charge on any atom is 0.257 e. The maximum atomic E-state index is 12.4. The second-order valence-electron chi connectivity index (χ2n) is 4.51. The zero-order valence-corrected chi connectivity index (χ0v) is 12.9. The smallest absolute Gasteiger partial charge is 0.257 e. The normalized spacial score (nSPS) is 10.1. The molecule has 23 heavy (non-hydrogen) atoms. The number of rotatable bonds is 4. The molecule has 3 aromatic rings. The van der Waals surface area contributed by atoms with E-state index < -0.39 is 0 Å². The molecule has 0 saturated heterocycles. The molecular weight excluding hydrogens is 314 g/mol. The lowest BCUT2D eigenvalue weighted by atomic mass is 10.2. The largest absolute Gasteiger partial charge is 0.497 e. The number of benzene rings is 2. The quantitative estimate of drug-likeness (QED) is 0.434. The van der Waals surface area contributed by atoms with Crippen LogP contribution in [0.15, 0.2) is 47.6 Å². The Kier molecular flexibility index (Phi) is 4.09. The van der Waals surface area contributed by atoms with E-state index in [1.54, 1.807) is 31.4 Å². The number of fused-ring (bicyclic) bond motifs is 1. The van der Waals surface area contributed by atoms with Crippen molar-refractivity contribution in [1.82, 2.24) is 4.98 Å². The molecule has 0 atom stereocenters. The van der Waals surface area contributed by atoms with Crippen molar-refractivity contribution in [3.63, 3.8) is 0 Å². The number of nitrogens with zero attached hydrogens (tertiary/aromatic N) is 4. The number of anilines is 1. The summed E-state index contributed by atoms with van der Waals surface area (Å²) in [4.78, 5) is 19.4. The number of azide groups is 1. The minimum Gasteiger partial charge on any atom is -0.497 e. The van der Waals surface area contributed by atoms with Crippen molar-refractivity contribution in [3.05, 3.63) is 58.5 Å². The SMILES string of the molecule is COc1ccc2nc(NC(=O)c3ccccc3N=[N+]=[N-])sc2c1. The Bertz CT molecular complexity index is 931. The molecule has 1 amide bonds. The summed E-state index contributed by atoms with van der Waals surface area (Å²) < 4.78 is 6.08. The number of carbonyl (C=O) groups is 1. The Morgan fingerprint density at radius 2 is 2.17 bits per heavy atom. The van der Waals surface area contributed by atoms with Crippen molar-refractivity contribution in [1.29, 1.82) is 0 Å². The van der Waals surface area contributed by atoms with Gasteiger partial charge in [-0.2, -0.15) is 0 Å². The highest BCUT2D eigenvalue weighted by molar-refractivity contribution is 7.22. The first-order valence-electron chi connectivity index (χ1n) is 6.61. The molecule has 0 aliphatic rings. The molecule has 1 heterocycles. The molecule has 0 bridgehead atoms. The lowest BCUT2D eigenvalue weighted by molar-refractivity contribution is 0.102. The van der Waals surface area contributed by atoms with Gasteiger partial charge in [0.2, 0.25) is 0 Å². The fraction of sp³-hybridized carbons (Fsp3) is 0.0667. The number of carbonyl (C=O) groups excluding carboxylic acids is 1. The standard InChI is InChI=1S/C15H11N5O2S/c1-22-9-6-7-12-13(8-9)23-15(17-12)18-14(21)10-4-2-3-5-11(10)19-20-16/h2-8H,1H3,(H,17,18,21). The summed E-state index contributed by atoms with van der Waals surface area (Å²) in [5.74, 6) is 0.353. The van der Waals surface area contributed by atoms with E-state index in [1.165, 1.54) is 11.3 Å². The van der Waals surface area contributed by atoms with Crippen LogP contribution >= 0.6 is 11.3 Å². The molecule has 0 aliphatic heterocycles. The van der Waals surface area contributed by atoms with Crippen LogP contribution in [0, 0.1) is 0 Å². The number of hydrogen-bond acceptors (Lipinski definition) is 5. The minimum atomic E-state index is -0.376. The number of thiazole rings is 1. The predicted octanol–water partition coefficient (Wildman–Crippen LogP) is 4.50. The Balaban J connectivity index is 1.90. The lowest BCUT2D eigenvalue weighted by Gasteiger charge is -2.04. The molecule has 0 radical (unpaired) electrons. The second-order valence-corrected chi connectivity index (χ2v) is 5.54. The van der Waals surface area contributed by atoms with Crippen LogP contribution in [0.4, 0.5) is 10.8 Å². The van der Waals surface area contributed by atoms with Crippen molar-refractivity contribution >= 4 is 38.3 Å². The highest BCUT2D eigenvalue weighted by Crippen LogP contribution is 2.30. The average molecular weight is 325 g/mol. The summed E-state index contributed by atoms with van der Waals surface area (Å²) in [7, 11) is 1.59. The van der Waals surface area contributed by atoms with Crippen molar-refractivity contribution < 1.29 is 9.53 Å². The van der Waals surface area contributed by atoms with Crippen LogP contribution in [0.2, 0.25) is 0 Å². The number of amides is 1. The van der Waals surface area contributed by atoms with E-state index in [9.17, 15) is 4.79 Å². The highest BCUT2D eigenvalue weighted by atomic mass is 32.1. The molecule has 0 fully saturated rings. The van der Waals surface area contributed by atoms with Crippen LogP contribution in [0.25, 0.3) is 20.7 Å². The summed E-state index contributed by atoms with van der Waals surface area (Å²) in [6, 6.07) is 12.1. The molecule has 3 rings (SSSR count). The number of aromatic nitrogens is 1. The summed E-state index contributed by atoms with van der Waals surface area (Å²) in [6.07, 6.45) is 0. The van der Waals surface area contributed by atoms with Gasteiger partial charge in [0.1, 0.15) is 5.75 Å². The van der Waals surface area contributed by atoms with Gasteiger partial charge in [-0.25, -0.2) is 4.98 Å². The first-order chi connectivity index (χ1) is 11.2. The molecule has 1 N–H and O–H groups in total. The maximum absolute atomic E-state index is 12.4. The van der Waals surface area contributed by atoms with E-state index in [0.29, 0.717) is 10.7 Å². The van der Waals surface area contributed by atoms with E-state index >= 15 is 0 Å². The van der Waals surface area contributed by atoms with Gasteiger partial charge in [-0.05, 0) is 29.8 Å². The van der Waals surface area contributed by atoms with Gasteiger partial charge in [0.05, 0.1) is 23.0 Å². The zero-order chi connectivity index (χ0) is 16.2. The third-order valence-electron chi connectivity index (χ3n) is 3.12. The molecule has 1 aromatic heterocycles. The number of methoxy groups -OCH3 is 1. The summed E-state index contributed by atoms with van der Waals surface area (Å²) in [5, 5.41) is 6.72. The van der Waals surface area contributed by atoms with Gasteiger partial charge in [0.25, 0.3) is 5.91 Å². The van der Waals surface area contributed by atoms with E-state index in [1.807, 2.05) is 18.2 Å². The fourth-order valence-corrected chi connectivity index (χ4v) is 2.94. The average Bonchev–Trinajstić information content (AvgIpc) is 2.96. The van der Waals surface area contributed by atoms with Crippen molar-refractivity contribution in [2.45, 2.75) is 0 Å². The van der Waals surface area contributed by atoms with Gasteiger partial charge >= 0.3 is 0 Å². The molecule has 2 aromatic carbocycles. The van der Waals surface area contributed by atoms with Crippen molar-refractivity contribution in [2.24, 2.45) is 5.11 Å². The molecule has 7 nitrogen and oxygen atoms in total. The molecule has 114 valence electrons. The van der Waals surface area contributed by atoms with Crippen LogP contribution in [-0.2, 0) is 0 Å². The molecule has 0 saturated carbocycles. The van der Waals surface area contributed by atoms with Crippen molar-refractivity contribution in [3.8, 4) is 5.75 Å². The number of nitrogens with one attached hydrogen (secondary N) is 1. The van der Waals surface area contributed by atoms with Crippen LogP contribution in [0.1, 0.15) is 10.4 Å². The lowest BCUT2D eigenvalue weighted by Crippen LogP contribution is -2.11. The van der Waals surface area contributed by atoms with E-state index in [-0.39, 0.29) is 11.6 Å². The fourth-order valence-electron chi connectivity index (χ4n) is 2.05. The van der Waals surface area contributed by atoms with Crippen LogP contribution in [0.5, 0.6) is 5.75 Å². The third kappa shape index (κ3) is 3.08. The summed E-state index contributed by atoms with van der Waals surface area (Å²) in [6.45, 7) is 0. The molecular formula is C15H11N5O2S. The van der Waals surface area contributed by atoms with Crippen LogP contribution in [-0.4, -0.2) is 18.0 Å². The molecule has 0 unspecified atom stereocenters. The van der Waals surface area contributed by atoms with E-state index in [4.69, 9.17) is 10.3 Å². The van der Waals surface area contributed by atoms with Gasteiger partial charge in [0, 0.05) is 10.5 Å². The van der Waals surface area contributed by atoms with Gasteiger partial charge in [-0.3, -0.25) is 10.1 Å². The monoisotopic (exact) mass is 325 g/mol. The molecule has 0 spiro atoms. The first kappa shape index (κ1) is 14.8. The second kappa shape index (κ2) is 6.35. The van der Waals surface area contributed by atoms with Gasteiger partial charge in [0.15, 0.2) is 5.13 Å². The summed E-state index contributed by atoms with van der Waals surface area (Å²) >= 11 is 1.34. The topological polar surface area (TPSA) is 100.0 Å². The zero-order valence-electron chi connectivity index (χ0n) is 12.1. The van der Waals surface area contributed by atoms with Gasteiger partial charge in [-0.15, -0.1) is 0 Å². The highest BCUT2D eigenvalue weighted by Gasteiger charge is 2.13. The van der Waals surface area contributed by atoms with Gasteiger partial charge in [-0.1, -0.05) is 34.7 Å². The van der Waals surface area contributed by atoms with Crippen LogP contribution in [0.3, 0.4) is 0 Å².